The summed E-state index contributed by atoms with van der Waals surface area (Å²) in [6.45, 7) is 3.93. The molecule has 152 valence electrons. The third-order valence-corrected chi connectivity index (χ3v) is 5.35. The van der Waals surface area contributed by atoms with Crippen molar-refractivity contribution in [1.29, 1.82) is 0 Å². The molecule has 0 aliphatic rings. The van der Waals surface area contributed by atoms with E-state index in [-0.39, 0.29) is 18.0 Å². The molecule has 7 nitrogen and oxygen atoms in total. The quantitative estimate of drug-likeness (QED) is 0.490. The molecule has 0 unspecified atom stereocenters. The van der Waals surface area contributed by atoms with Gasteiger partial charge in [-0.1, -0.05) is 46.3 Å². The number of aryl methyl sites for hydroxylation is 2. The van der Waals surface area contributed by atoms with Gasteiger partial charge in [0.2, 0.25) is 5.91 Å². The van der Waals surface area contributed by atoms with Gasteiger partial charge >= 0.3 is 0 Å². The summed E-state index contributed by atoms with van der Waals surface area (Å²) in [7, 11) is 0. The second kappa shape index (κ2) is 8.23. The minimum Gasteiger partial charge on any atom is -0.350 e. The fourth-order valence-electron chi connectivity index (χ4n) is 3.45. The van der Waals surface area contributed by atoms with E-state index in [1.165, 1.54) is 4.68 Å². The first-order valence-electron chi connectivity index (χ1n) is 9.47. The molecule has 0 atom stereocenters. The number of halogens is 1. The summed E-state index contributed by atoms with van der Waals surface area (Å²) in [5, 5.41) is 12.4. The third-order valence-electron chi connectivity index (χ3n) is 4.86. The number of para-hydroxylation sites is 1. The van der Waals surface area contributed by atoms with Crippen LogP contribution in [0, 0.1) is 13.8 Å². The van der Waals surface area contributed by atoms with Crippen LogP contribution < -0.4 is 10.9 Å². The van der Waals surface area contributed by atoms with Crippen LogP contribution in [0.25, 0.3) is 16.6 Å². The number of benzene rings is 2. The van der Waals surface area contributed by atoms with Crippen LogP contribution >= 0.6 is 15.9 Å². The lowest BCUT2D eigenvalue weighted by molar-refractivity contribution is -0.122. The highest BCUT2D eigenvalue weighted by Crippen LogP contribution is 2.20. The van der Waals surface area contributed by atoms with Crippen molar-refractivity contribution >= 4 is 32.7 Å². The molecule has 0 saturated carbocycles. The summed E-state index contributed by atoms with van der Waals surface area (Å²) in [4.78, 5) is 25.4. The molecule has 1 amide bonds. The number of rotatable bonds is 5. The molecular weight excluding hydrogens is 446 g/mol. The Bertz CT molecular complexity index is 1290. The number of amides is 1. The SMILES string of the molecule is Cc1nn(CC(=O)NCc2cccc(Br)c2)c(=O)c2nn(-c3ccccc3)c(C)c12. The number of hydrogen-bond acceptors (Lipinski definition) is 4. The van der Waals surface area contributed by atoms with E-state index >= 15 is 0 Å². The summed E-state index contributed by atoms with van der Waals surface area (Å²) in [6, 6.07) is 17.3. The van der Waals surface area contributed by atoms with E-state index in [1.807, 2.05) is 68.4 Å². The van der Waals surface area contributed by atoms with Crippen molar-refractivity contribution in [3.05, 3.63) is 86.4 Å². The monoisotopic (exact) mass is 465 g/mol. The van der Waals surface area contributed by atoms with Crippen LogP contribution in [0.4, 0.5) is 0 Å². The molecule has 2 heterocycles. The number of carbonyl (C=O) groups excluding carboxylic acids is 1. The van der Waals surface area contributed by atoms with Crippen LogP contribution in [0.2, 0.25) is 0 Å². The first-order valence-corrected chi connectivity index (χ1v) is 10.3. The van der Waals surface area contributed by atoms with Crippen molar-refractivity contribution in [2.24, 2.45) is 0 Å². The van der Waals surface area contributed by atoms with Gasteiger partial charge in [-0.15, -0.1) is 0 Å². The topological polar surface area (TPSA) is 81.8 Å². The smallest absolute Gasteiger partial charge is 0.295 e. The lowest BCUT2D eigenvalue weighted by Gasteiger charge is -2.08. The van der Waals surface area contributed by atoms with Crippen LogP contribution in [0.3, 0.4) is 0 Å². The Hall–Kier alpha value is -3.26. The summed E-state index contributed by atoms with van der Waals surface area (Å²) >= 11 is 3.41. The highest BCUT2D eigenvalue weighted by Gasteiger charge is 2.18. The molecule has 4 aromatic rings. The average molecular weight is 466 g/mol. The van der Waals surface area contributed by atoms with Crippen molar-refractivity contribution < 1.29 is 4.79 Å². The molecule has 4 rings (SSSR count). The van der Waals surface area contributed by atoms with E-state index in [9.17, 15) is 9.59 Å². The minimum atomic E-state index is -0.383. The number of hydrogen-bond donors (Lipinski definition) is 1. The van der Waals surface area contributed by atoms with E-state index in [0.717, 1.165) is 26.8 Å². The van der Waals surface area contributed by atoms with Gasteiger partial charge in [0.1, 0.15) is 6.54 Å². The lowest BCUT2D eigenvalue weighted by Crippen LogP contribution is -2.34. The number of carbonyl (C=O) groups is 1. The fourth-order valence-corrected chi connectivity index (χ4v) is 3.90. The van der Waals surface area contributed by atoms with Crippen LogP contribution in [0.5, 0.6) is 0 Å². The van der Waals surface area contributed by atoms with Crippen molar-refractivity contribution in [3.8, 4) is 5.69 Å². The Morgan fingerprint density at radius 1 is 1.07 bits per heavy atom. The van der Waals surface area contributed by atoms with Gasteiger partial charge in [0.05, 0.1) is 22.5 Å². The van der Waals surface area contributed by atoms with Crippen molar-refractivity contribution in [2.45, 2.75) is 26.9 Å². The molecule has 0 bridgehead atoms. The van der Waals surface area contributed by atoms with E-state index in [0.29, 0.717) is 17.8 Å². The molecule has 0 aliphatic heterocycles. The van der Waals surface area contributed by atoms with E-state index in [4.69, 9.17) is 0 Å². The number of fused-ring (bicyclic) bond motifs is 1. The molecule has 30 heavy (non-hydrogen) atoms. The summed E-state index contributed by atoms with van der Waals surface area (Å²) in [6.07, 6.45) is 0. The Morgan fingerprint density at radius 3 is 2.57 bits per heavy atom. The Kier molecular flexibility index (Phi) is 5.50. The largest absolute Gasteiger partial charge is 0.350 e. The molecule has 8 heteroatoms. The van der Waals surface area contributed by atoms with Crippen LogP contribution in [-0.2, 0) is 17.9 Å². The predicted molar refractivity (Wildman–Crippen MR) is 119 cm³/mol. The maximum absolute atomic E-state index is 13.0. The van der Waals surface area contributed by atoms with Gasteiger partial charge in [-0.25, -0.2) is 9.36 Å². The Morgan fingerprint density at radius 2 is 1.83 bits per heavy atom. The Balaban J connectivity index is 1.61. The first kappa shape index (κ1) is 20.0. The summed E-state index contributed by atoms with van der Waals surface area (Å²) in [5.41, 5.74) is 3.24. The van der Waals surface area contributed by atoms with E-state index in [1.54, 1.807) is 4.68 Å². The molecule has 0 radical (unpaired) electrons. The first-order chi connectivity index (χ1) is 14.4. The fraction of sp³-hybridized carbons (Fsp3) is 0.182. The number of aromatic nitrogens is 4. The second-order valence-corrected chi connectivity index (χ2v) is 7.93. The van der Waals surface area contributed by atoms with Gasteiger partial charge in [-0.2, -0.15) is 10.2 Å². The molecule has 0 fully saturated rings. The second-order valence-electron chi connectivity index (χ2n) is 7.01. The maximum Gasteiger partial charge on any atom is 0.295 e. The van der Waals surface area contributed by atoms with Gasteiger partial charge in [0.25, 0.3) is 5.56 Å². The minimum absolute atomic E-state index is 0.166. The molecular formula is C22H20BrN5O2. The van der Waals surface area contributed by atoms with Crippen LogP contribution in [0.15, 0.2) is 63.9 Å². The van der Waals surface area contributed by atoms with Gasteiger partial charge in [0.15, 0.2) is 5.52 Å². The van der Waals surface area contributed by atoms with E-state index < -0.39 is 0 Å². The van der Waals surface area contributed by atoms with Gasteiger partial charge in [-0.3, -0.25) is 9.59 Å². The molecule has 2 aromatic heterocycles. The summed E-state index contributed by atoms with van der Waals surface area (Å²) in [5.74, 6) is -0.289. The molecule has 0 aliphatic carbocycles. The molecule has 0 spiro atoms. The van der Waals surface area contributed by atoms with Crippen molar-refractivity contribution in [2.75, 3.05) is 0 Å². The van der Waals surface area contributed by atoms with Crippen molar-refractivity contribution in [1.82, 2.24) is 24.9 Å². The predicted octanol–water partition coefficient (Wildman–Crippen LogP) is 3.28. The highest BCUT2D eigenvalue weighted by molar-refractivity contribution is 9.10. The standard InChI is InChI=1S/C22H20BrN5O2/c1-14-20-15(2)28(18-9-4-3-5-10-18)26-21(20)22(30)27(25-14)13-19(29)24-12-16-7-6-8-17(23)11-16/h3-11H,12-13H2,1-2H3,(H,24,29). The third kappa shape index (κ3) is 3.91. The highest BCUT2D eigenvalue weighted by atomic mass is 79.9. The zero-order valence-corrected chi connectivity index (χ0v) is 18.2. The van der Waals surface area contributed by atoms with Gasteiger partial charge in [0, 0.05) is 11.0 Å². The maximum atomic E-state index is 13.0. The number of nitrogens with zero attached hydrogens (tertiary/aromatic N) is 4. The van der Waals surface area contributed by atoms with Crippen LogP contribution in [0.1, 0.15) is 17.0 Å². The normalized spacial score (nSPS) is 11.0. The lowest BCUT2D eigenvalue weighted by atomic mass is 10.2. The molecule has 2 aromatic carbocycles. The Labute approximate surface area is 181 Å². The molecule has 1 N–H and O–H groups in total. The zero-order valence-electron chi connectivity index (χ0n) is 16.6. The average Bonchev–Trinajstić information content (AvgIpc) is 3.09. The van der Waals surface area contributed by atoms with Crippen molar-refractivity contribution in [3.63, 3.8) is 0 Å². The summed E-state index contributed by atoms with van der Waals surface area (Å²) < 4.78 is 3.85. The zero-order chi connectivity index (χ0) is 21.3. The van der Waals surface area contributed by atoms with Gasteiger partial charge < -0.3 is 5.32 Å². The van der Waals surface area contributed by atoms with E-state index in [2.05, 4.69) is 31.4 Å². The van der Waals surface area contributed by atoms with Crippen LogP contribution in [-0.4, -0.2) is 25.5 Å². The number of nitrogens with one attached hydrogen (secondary N) is 1. The van der Waals surface area contributed by atoms with Gasteiger partial charge in [-0.05, 0) is 43.7 Å². The molecule has 0 saturated heterocycles.